The van der Waals surface area contributed by atoms with Gasteiger partial charge in [0.15, 0.2) is 16.7 Å². The maximum Gasteiger partial charge on any atom is 0.263 e. The molecule has 2 aromatic carbocycles. The van der Waals surface area contributed by atoms with Crippen LogP contribution >= 0.6 is 11.3 Å². The van der Waals surface area contributed by atoms with E-state index in [0.717, 1.165) is 17.2 Å². The molecular weight excluding hydrogens is 363 g/mol. The predicted octanol–water partition coefficient (Wildman–Crippen LogP) is 4.07. The standard InChI is InChI=1S/C17H15FN2O3S2/c1-11-5-3-4-6-13(11)15-10-24-17(19-15)20-25(21,22)12-7-8-16(23-2)14(18)9-12/h3-10H,1-2H3,(H,19,20). The van der Waals surface area contributed by atoms with Crippen LogP contribution in [-0.4, -0.2) is 20.5 Å². The van der Waals surface area contributed by atoms with Crippen LogP contribution < -0.4 is 9.46 Å². The highest BCUT2D eigenvalue weighted by Crippen LogP contribution is 2.29. The minimum absolute atomic E-state index is 0.0185. The van der Waals surface area contributed by atoms with Crippen LogP contribution in [0.3, 0.4) is 0 Å². The third-order valence-corrected chi connectivity index (χ3v) is 5.80. The number of methoxy groups -OCH3 is 1. The van der Waals surface area contributed by atoms with Gasteiger partial charge in [-0.1, -0.05) is 24.3 Å². The van der Waals surface area contributed by atoms with Gasteiger partial charge < -0.3 is 4.74 Å². The topological polar surface area (TPSA) is 68.3 Å². The van der Waals surface area contributed by atoms with Crippen molar-refractivity contribution in [2.24, 2.45) is 0 Å². The highest BCUT2D eigenvalue weighted by Gasteiger charge is 2.19. The lowest BCUT2D eigenvalue weighted by Crippen LogP contribution is -2.13. The van der Waals surface area contributed by atoms with Crippen LogP contribution in [-0.2, 0) is 10.0 Å². The first-order valence-electron chi connectivity index (χ1n) is 7.28. The fourth-order valence-electron chi connectivity index (χ4n) is 2.29. The van der Waals surface area contributed by atoms with Gasteiger partial charge in [0.05, 0.1) is 17.7 Å². The molecule has 0 unspecified atom stereocenters. The molecule has 0 saturated carbocycles. The quantitative estimate of drug-likeness (QED) is 0.727. The first-order valence-corrected chi connectivity index (χ1v) is 9.65. The Morgan fingerprint density at radius 2 is 1.96 bits per heavy atom. The Kier molecular flexibility index (Phi) is 4.73. The van der Waals surface area contributed by atoms with Crippen molar-refractivity contribution in [3.05, 3.63) is 59.2 Å². The lowest BCUT2D eigenvalue weighted by Gasteiger charge is -2.07. The van der Waals surface area contributed by atoms with E-state index < -0.39 is 15.8 Å². The summed E-state index contributed by atoms with van der Waals surface area (Å²) in [7, 11) is -2.62. The van der Waals surface area contributed by atoms with Gasteiger partial charge in [-0.15, -0.1) is 11.3 Å². The van der Waals surface area contributed by atoms with E-state index in [1.165, 1.54) is 30.6 Å². The Labute approximate surface area is 149 Å². The molecule has 0 atom stereocenters. The van der Waals surface area contributed by atoms with Gasteiger partial charge in [-0.05, 0) is 30.7 Å². The van der Waals surface area contributed by atoms with E-state index >= 15 is 0 Å². The number of thiazole rings is 1. The summed E-state index contributed by atoms with van der Waals surface area (Å²) in [6, 6.07) is 11.2. The number of halogens is 1. The number of aryl methyl sites for hydroxylation is 1. The molecule has 0 aliphatic carbocycles. The molecule has 0 aliphatic rings. The smallest absolute Gasteiger partial charge is 0.263 e. The molecule has 0 spiro atoms. The van der Waals surface area contributed by atoms with Crippen LogP contribution in [0.25, 0.3) is 11.3 Å². The zero-order chi connectivity index (χ0) is 18.0. The number of ether oxygens (including phenoxy) is 1. The van der Waals surface area contributed by atoms with E-state index in [2.05, 4.69) is 9.71 Å². The second-order valence-electron chi connectivity index (χ2n) is 5.25. The monoisotopic (exact) mass is 378 g/mol. The predicted molar refractivity (Wildman–Crippen MR) is 96.0 cm³/mol. The number of aromatic nitrogens is 1. The maximum absolute atomic E-state index is 13.8. The fraction of sp³-hybridized carbons (Fsp3) is 0.118. The van der Waals surface area contributed by atoms with Gasteiger partial charge in [-0.3, -0.25) is 4.72 Å². The Hall–Kier alpha value is -2.45. The number of hydrogen-bond acceptors (Lipinski definition) is 5. The van der Waals surface area contributed by atoms with E-state index in [-0.39, 0.29) is 15.8 Å². The fourth-order valence-corrected chi connectivity index (χ4v) is 4.27. The minimum Gasteiger partial charge on any atom is -0.494 e. The highest BCUT2D eigenvalue weighted by molar-refractivity contribution is 7.93. The average molecular weight is 378 g/mol. The van der Waals surface area contributed by atoms with Gasteiger partial charge in [0.25, 0.3) is 10.0 Å². The van der Waals surface area contributed by atoms with Gasteiger partial charge >= 0.3 is 0 Å². The van der Waals surface area contributed by atoms with Crippen LogP contribution in [0.5, 0.6) is 5.75 Å². The van der Waals surface area contributed by atoms with E-state index in [0.29, 0.717) is 5.69 Å². The van der Waals surface area contributed by atoms with Crippen molar-refractivity contribution < 1.29 is 17.5 Å². The molecule has 1 heterocycles. The minimum atomic E-state index is -3.94. The number of rotatable bonds is 5. The number of hydrogen-bond donors (Lipinski definition) is 1. The highest BCUT2D eigenvalue weighted by atomic mass is 32.2. The van der Waals surface area contributed by atoms with Gasteiger partial charge in [0.1, 0.15) is 0 Å². The number of anilines is 1. The van der Waals surface area contributed by atoms with Gasteiger partial charge in [0, 0.05) is 10.9 Å². The second kappa shape index (κ2) is 6.81. The third kappa shape index (κ3) is 3.64. The van der Waals surface area contributed by atoms with Crippen molar-refractivity contribution in [1.29, 1.82) is 0 Å². The van der Waals surface area contributed by atoms with Crippen molar-refractivity contribution in [2.75, 3.05) is 11.8 Å². The Morgan fingerprint density at radius 3 is 2.64 bits per heavy atom. The molecule has 0 fully saturated rings. The molecule has 3 aromatic rings. The normalized spacial score (nSPS) is 11.3. The van der Waals surface area contributed by atoms with Gasteiger partial charge in [-0.2, -0.15) is 0 Å². The molecule has 0 bridgehead atoms. The van der Waals surface area contributed by atoms with Crippen molar-refractivity contribution in [3.63, 3.8) is 0 Å². The zero-order valence-corrected chi connectivity index (χ0v) is 15.1. The molecule has 25 heavy (non-hydrogen) atoms. The lowest BCUT2D eigenvalue weighted by molar-refractivity contribution is 0.385. The summed E-state index contributed by atoms with van der Waals surface area (Å²) < 4.78 is 45.8. The zero-order valence-electron chi connectivity index (χ0n) is 13.5. The Morgan fingerprint density at radius 1 is 1.20 bits per heavy atom. The number of benzene rings is 2. The average Bonchev–Trinajstić information content (AvgIpc) is 3.02. The van der Waals surface area contributed by atoms with Crippen LogP contribution in [0.1, 0.15) is 5.56 Å². The molecule has 0 saturated heterocycles. The molecule has 0 amide bonds. The first-order chi connectivity index (χ1) is 11.9. The largest absolute Gasteiger partial charge is 0.494 e. The summed E-state index contributed by atoms with van der Waals surface area (Å²) in [6.45, 7) is 1.96. The van der Waals surface area contributed by atoms with Gasteiger partial charge in [-0.25, -0.2) is 17.8 Å². The van der Waals surface area contributed by atoms with Crippen molar-refractivity contribution in [3.8, 4) is 17.0 Å². The summed E-state index contributed by atoms with van der Waals surface area (Å²) in [5.41, 5.74) is 2.65. The number of sulfonamides is 1. The number of nitrogens with zero attached hydrogens (tertiary/aromatic N) is 1. The van der Waals surface area contributed by atoms with E-state index in [1.54, 1.807) is 5.38 Å². The lowest BCUT2D eigenvalue weighted by atomic mass is 10.1. The molecule has 8 heteroatoms. The number of nitrogens with one attached hydrogen (secondary N) is 1. The first kappa shape index (κ1) is 17.4. The molecule has 5 nitrogen and oxygen atoms in total. The Bertz CT molecular complexity index is 1020. The van der Waals surface area contributed by atoms with Crippen molar-refractivity contribution in [1.82, 2.24) is 4.98 Å². The van der Waals surface area contributed by atoms with E-state index in [1.807, 2.05) is 31.2 Å². The molecule has 0 aliphatic heterocycles. The van der Waals surface area contributed by atoms with E-state index in [9.17, 15) is 12.8 Å². The van der Waals surface area contributed by atoms with Crippen LogP contribution in [0.15, 0.2) is 52.7 Å². The van der Waals surface area contributed by atoms with Crippen LogP contribution in [0.4, 0.5) is 9.52 Å². The third-order valence-electron chi connectivity index (χ3n) is 3.58. The molecule has 3 rings (SSSR count). The van der Waals surface area contributed by atoms with Crippen LogP contribution in [0, 0.1) is 12.7 Å². The van der Waals surface area contributed by atoms with Gasteiger partial charge in [0.2, 0.25) is 0 Å². The van der Waals surface area contributed by atoms with Crippen LogP contribution in [0.2, 0.25) is 0 Å². The summed E-state index contributed by atoms with van der Waals surface area (Å²) in [5, 5.41) is 1.99. The van der Waals surface area contributed by atoms with Crippen molar-refractivity contribution >= 4 is 26.5 Å². The SMILES string of the molecule is COc1ccc(S(=O)(=O)Nc2nc(-c3ccccc3C)cs2)cc1F. The molecule has 1 N–H and O–H groups in total. The molecular formula is C17H15FN2O3S2. The second-order valence-corrected chi connectivity index (χ2v) is 7.80. The van der Waals surface area contributed by atoms with Crippen molar-refractivity contribution in [2.45, 2.75) is 11.8 Å². The molecule has 0 radical (unpaired) electrons. The Balaban J connectivity index is 1.87. The molecule has 1 aromatic heterocycles. The summed E-state index contributed by atoms with van der Waals surface area (Å²) in [4.78, 5) is 4.12. The van der Waals surface area contributed by atoms with E-state index in [4.69, 9.17) is 4.74 Å². The maximum atomic E-state index is 13.8. The summed E-state index contributed by atoms with van der Waals surface area (Å²) in [6.07, 6.45) is 0. The summed E-state index contributed by atoms with van der Waals surface area (Å²) >= 11 is 1.17. The summed E-state index contributed by atoms with van der Waals surface area (Å²) in [5.74, 6) is -0.764. The molecule has 130 valence electrons.